The Hall–Kier alpha value is -0.830. The van der Waals surface area contributed by atoms with Gasteiger partial charge in [0.05, 0.1) is 5.56 Å². The Kier molecular flexibility index (Phi) is 3.69. The fraction of sp³-hybridized carbons (Fsp3) is 0.364. The number of benzene rings is 1. The summed E-state index contributed by atoms with van der Waals surface area (Å²) in [5, 5.41) is 2.85. The fourth-order valence-corrected chi connectivity index (χ4v) is 1.82. The van der Waals surface area contributed by atoms with Gasteiger partial charge < -0.3 is 5.32 Å². The van der Waals surface area contributed by atoms with E-state index < -0.39 is 0 Å². The van der Waals surface area contributed by atoms with Crippen molar-refractivity contribution >= 4 is 21.8 Å². The molecule has 0 radical (unpaired) electrons. The molecule has 0 aliphatic carbocycles. The first kappa shape index (κ1) is 11.2. The summed E-state index contributed by atoms with van der Waals surface area (Å²) in [6, 6.07) is 5.86. The minimum atomic E-state index is -0.0353. The van der Waals surface area contributed by atoms with Crippen LogP contribution in [0.1, 0.15) is 29.8 Å². The lowest BCUT2D eigenvalue weighted by molar-refractivity contribution is 0.0942. The molecule has 76 valence electrons. The van der Waals surface area contributed by atoms with E-state index in [1.807, 2.05) is 39.0 Å². The smallest absolute Gasteiger partial charge is 0.252 e. The van der Waals surface area contributed by atoms with E-state index in [0.29, 0.717) is 5.56 Å². The van der Waals surface area contributed by atoms with Crippen LogP contribution in [0, 0.1) is 6.92 Å². The number of aryl methyl sites for hydroxylation is 1. The van der Waals surface area contributed by atoms with Crippen LogP contribution in [-0.2, 0) is 0 Å². The summed E-state index contributed by atoms with van der Waals surface area (Å²) < 4.78 is 0.843. The highest BCUT2D eigenvalue weighted by Crippen LogP contribution is 2.18. The first-order chi connectivity index (χ1) is 6.50. The van der Waals surface area contributed by atoms with Gasteiger partial charge in [0.2, 0.25) is 0 Å². The average Bonchev–Trinajstić information content (AvgIpc) is 2.01. The second-order valence-corrected chi connectivity index (χ2v) is 4.47. The maximum atomic E-state index is 11.6. The summed E-state index contributed by atoms with van der Waals surface area (Å²) in [4.78, 5) is 11.6. The summed E-state index contributed by atoms with van der Waals surface area (Å²) in [5.74, 6) is -0.0353. The molecule has 0 unspecified atom stereocenters. The quantitative estimate of drug-likeness (QED) is 0.866. The van der Waals surface area contributed by atoms with Gasteiger partial charge in [-0.2, -0.15) is 0 Å². The van der Waals surface area contributed by atoms with E-state index in [9.17, 15) is 4.79 Å². The molecular formula is C11H14BrNO. The molecule has 1 aromatic carbocycles. The van der Waals surface area contributed by atoms with Gasteiger partial charge in [-0.1, -0.05) is 6.07 Å². The summed E-state index contributed by atoms with van der Waals surface area (Å²) in [5.41, 5.74) is 1.82. The number of hydrogen-bond acceptors (Lipinski definition) is 1. The number of halogens is 1. The standard InChI is InChI=1S/C11H14BrNO/c1-7(2)13-11(14)9-5-4-8(3)6-10(9)12/h4-7H,1-3H3,(H,13,14). The SMILES string of the molecule is Cc1ccc(C(=O)NC(C)C)c(Br)c1. The van der Waals surface area contributed by atoms with Gasteiger partial charge in [-0.05, 0) is 54.4 Å². The van der Waals surface area contributed by atoms with Crippen molar-refractivity contribution < 1.29 is 4.79 Å². The lowest BCUT2D eigenvalue weighted by Gasteiger charge is -2.09. The van der Waals surface area contributed by atoms with Crippen LogP contribution in [0.5, 0.6) is 0 Å². The van der Waals surface area contributed by atoms with Gasteiger partial charge in [-0.25, -0.2) is 0 Å². The maximum absolute atomic E-state index is 11.6. The Morgan fingerprint density at radius 1 is 1.43 bits per heavy atom. The van der Waals surface area contributed by atoms with Crippen LogP contribution in [0.15, 0.2) is 22.7 Å². The summed E-state index contributed by atoms with van der Waals surface area (Å²) in [7, 11) is 0. The molecule has 0 atom stereocenters. The van der Waals surface area contributed by atoms with E-state index >= 15 is 0 Å². The van der Waals surface area contributed by atoms with Crippen molar-refractivity contribution in [2.45, 2.75) is 26.8 Å². The average molecular weight is 256 g/mol. The largest absolute Gasteiger partial charge is 0.350 e. The van der Waals surface area contributed by atoms with Crippen molar-refractivity contribution in [2.24, 2.45) is 0 Å². The Morgan fingerprint density at radius 3 is 2.57 bits per heavy atom. The molecule has 1 N–H and O–H groups in total. The Labute approximate surface area is 92.8 Å². The third kappa shape index (κ3) is 2.84. The molecule has 0 aliphatic heterocycles. The maximum Gasteiger partial charge on any atom is 0.252 e. The van der Waals surface area contributed by atoms with Gasteiger partial charge >= 0.3 is 0 Å². The van der Waals surface area contributed by atoms with Gasteiger partial charge in [-0.15, -0.1) is 0 Å². The van der Waals surface area contributed by atoms with E-state index in [2.05, 4.69) is 21.2 Å². The first-order valence-corrected chi connectivity index (χ1v) is 5.37. The van der Waals surface area contributed by atoms with Crippen molar-refractivity contribution in [3.8, 4) is 0 Å². The zero-order valence-corrected chi connectivity index (χ0v) is 10.2. The van der Waals surface area contributed by atoms with Crippen LogP contribution < -0.4 is 5.32 Å². The van der Waals surface area contributed by atoms with Gasteiger partial charge in [-0.3, -0.25) is 4.79 Å². The molecule has 14 heavy (non-hydrogen) atoms. The number of amides is 1. The van der Waals surface area contributed by atoms with E-state index in [1.54, 1.807) is 0 Å². The van der Waals surface area contributed by atoms with Gasteiger partial charge in [0.25, 0.3) is 5.91 Å². The molecule has 0 saturated heterocycles. The van der Waals surface area contributed by atoms with Crippen LogP contribution in [0.4, 0.5) is 0 Å². The molecule has 0 saturated carbocycles. The van der Waals surface area contributed by atoms with Crippen LogP contribution >= 0.6 is 15.9 Å². The van der Waals surface area contributed by atoms with E-state index in [-0.39, 0.29) is 11.9 Å². The van der Waals surface area contributed by atoms with Gasteiger partial charge in [0.1, 0.15) is 0 Å². The zero-order valence-electron chi connectivity index (χ0n) is 8.60. The summed E-state index contributed by atoms with van der Waals surface area (Å²) >= 11 is 3.38. The third-order valence-corrected chi connectivity index (χ3v) is 2.45. The zero-order chi connectivity index (χ0) is 10.7. The van der Waals surface area contributed by atoms with Gasteiger partial charge in [0.15, 0.2) is 0 Å². The van der Waals surface area contributed by atoms with Crippen LogP contribution in [-0.4, -0.2) is 11.9 Å². The van der Waals surface area contributed by atoms with Crippen LogP contribution in [0.25, 0.3) is 0 Å². The molecule has 0 aromatic heterocycles. The second kappa shape index (κ2) is 4.60. The molecular weight excluding hydrogens is 242 g/mol. The number of rotatable bonds is 2. The second-order valence-electron chi connectivity index (χ2n) is 3.61. The molecule has 0 heterocycles. The topological polar surface area (TPSA) is 29.1 Å². The van der Waals surface area contributed by atoms with Crippen molar-refractivity contribution in [3.63, 3.8) is 0 Å². The highest BCUT2D eigenvalue weighted by molar-refractivity contribution is 9.10. The predicted octanol–water partition coefficient (Wildman–Crippen LogP) is 2.90. The number of carbonyl (C=O) groups excluding carboxylic acids is 1. The lowest BCUT2D eigenvalue weighted by atomic mass is 10.1. The van der Waals surface area contributed by atoms with Crippen molar-refractivity contribution in [2.75, 3.05) is 0 Å². The van der Waals surface area contributed by atoms with E-state index in [4.69, 9.17) is 0 Å². The highest BCUT2D eigenvalue weighted by atomic mass is 79.9. The fourth-order valence-electron chi connectivity index (χ4n) is 1.14. The summed E-state index contributed by atoms with van der Waals surface area (Å²) in [6.45, 7) is 5.88. The molecule has 0 bridgehead atoms. The normalized spacial score (nSPS) is 10.4. The Morgan fingerprint density at radius 2 is 2.07 bits per heavy atom. The number of nitrogens with one attached hydrogen (secondary N) is 1. The van der Waals surface area contributed by atoms with Crippen LogP contribution in [0.3, 0.4) is 0 Å². The van der Waals surface area contributed by atoms with Crippen molar-refractivity contribution in [3.05, 3.63) is 33.8 Å². The molecule has 0 aliphatic rings. The van der Waals surface area contributed by atoms with E-state index in [1.165, 1.54) is 0 Å². The molecule has 0 spiro atoms. The van der Waals surface area contributed by atoms with E-state index in [0.717, 1.165) is 10.0 Å². The molecule has 0 fully saturated rings. The Balaban J connectivity index is 2.90. The molecule has 1 amide bonds. The van der Waals surface area contributed by atoms with Crippen LogP contribution in [0.2, 0.25) is 0 Å². The van der Waals surface area contributed by atoms with Gasteiger partial charge in [0, 0.05) is 10.5 Å². The Bertz CT molecular complexity index is 347. The molecule has 2 nitrogen and oxygen atoms in total. The molecule has 1 aromatic rings. The first-order valence-electron chi connectivity index (χ1n) is 4.57. The lowest BCUT2D eigenvalue weighted by Crippen LogP contribution is -2.30. The third-order valence-electron chi connectivity index (χ3n) is 1.79. The summed E-state index contributed by atoms with van der Waals surface area (Å²) in [6.07, 6.45) is 0. The highest BCUT2D eigenvalue weighted by Gasteiger charge is 2.10. The number of hydrogen-bond donors (Lipinski definition) is 1. The monoisotopic (exact) mass is 255 g/mol. The van der Waals surface area contributed by atoms with Crippen molar-refractivity contribution in [1.82, 2.24) is 5.32 Å². The number of carbonyl (C=O) groups is 1. The molecule has 3 heteroatoms. The minimum Gasteiger partial charge on any atom is -0.350 e. The minimum absolute atomic E-state index is 0.0353. The predicted molar refractivity (Wildman–Crippen MR) is 61.5 cm³/mol. The molecule has 1 rings (SSSR count). The van der Waals surface area contributed by atoms with Crippen molar-refractivity contribution in [1.29, 1.82) is 0 Å².